The number of carbonyl (C=O) groups excluding carboxylic acids is 1. The van der Waals surface area contributed by atoms with Crippen molar-refractivity contribution in [3.05, 3.63) is 65.7 Å². The molecule has 1 heterocycles. The van der Waals surface area contributed by atoms with E-state index >= 15 is 0 Å². The van der Waals surface area contributed by atoms with Crippen LogP contribution in [0.25, 0.3) is 0 Å². The van der Waals surface area contributed by atoms with Crippen molar-refractivity contribution < 1.29 is 27.2 Å². The molecule has 0 saturated carbocycles. The van der Waals surface area contributed by atoms with Crippen LogP contribution in [0.5, 0.6) is 0 Å². The standard InChI is InChI=1S/C21H26N2O6S/c1-15-6-5-9-17(10-15)22-21(24)23-20-12-18(11-19(29-20)14-28-30(25)26)27-13-16-7-3-2-4-8-16/h2-10,18-20H,11-14H2,1H3,(H,25,26)(H2,22,23,24)/p-1. The summed E-state index contributed by atoms with van der Waals surface area (Å²) in [6.45, 7) is 2.21. The molecule has 2 aromatic rings. The van der Waals surface area contributed by atoms with E-state index < -0.39 is 29.7 Å². The molecule has 0 aromatic heterocycles. The summed E-state index contributed by atoms with van der Waals surface area (Å²) in [6, 6.07) is 16.7. The molecule has 0 radical (unpaired) electrons. The van der Waals surface area contributed by atoms with Gasteiger partial charge in [-0.1, -0.05) is 42.5 Å². The van der Waals surface area contributed by atoms with Gasteiger partial charge in [0, 0.05) is 18.5 Å². The Hall–Kier alpha value is -2.30. The largest absolute Gasteiger partial charge is 0.750 e. The average Bonchev–Trinajstić information content (AvgIpc) is 2.71. The molecule has 0 bridgehead atoms. The van der Waals surface area contributed by atoms with Gasteiger partial charge in [0.2, 0.25) is 0 Å². The Balaban J connectivity index is 1.57. The Kier molecular flexibility index (Phi) is 8.35. The second-order valence-electron chi connectivity index (χ2n) is 7.09. The van der Waals surface area contributed by atoms with Crippen molar-refractivity contribution in [2.75, 3.05) is 11.9 Å². The van der Waals surface area contributed by atoms with Crippen molar-refractivity contribution in [1.29, 1.82) is 0 Å². The van der Waals surface area contributed by atoms with Crippen molar-refractivity contribution in [2.24, 2.45) is 0 Å². The van der Waals surface area contributed by atoms with Crippen LogP contribution in [-0.2, 0) is 31.6 Å². The molecule has 4 unspecified atom stereocenters. The highest BCUT2D eigenvalue weighted by Crippen LogP contribution is 2.23. The number of hydrogen-bond acceptors (Lipinski definition) is 6. The summed E-state index contributed by atoms with van der Waals surface area (Å²) in [5, 5.41) is 5.54. The third-order valence-corrected chi connectivity index (χ3v) is 4.93. The molecule has 2 N–H and O–H groups in total. The maximum Gasteiger partial charge on any atom is 0.321 e. The minimum absolute atomic E-state index is 0.140. The van der Waals surface area contributed by atoms with Crippen LogP contribution < -0.4 is 10.6 Å². The number of rotatable bonds is 8. The number of benzene rings is 2. The lowest BCUT2D eigenvalue weighted by Gasteiger charge is -2.35. The SMILES string of the molecule is Cc1cccc(NC(=O)NC2CC(OCc3ccccc3)CC(COS(=O)[O-])O2)c1. The maximum atomic E-state index is 12.4. The fraction of sp³-hybridized carbons (Fsp3) is 0.381. The van der Waals surface area contributed by atoms with E-state index in [-0.39, 0.29) is 12.7 Å². The maximum absolute atomic E-state index is 12.4. The molecular formula is C21H25N2O6S-. The smallest absolute Gasteiger partial charge is 0.321 e. The van der Waals surface area contributed by atoms with Gasteiger partial charge in [0.05, 0.1) is 36.8 Å². The van der Waals surface area contributed by atoms with Crippen LogP contribution in [-0.4, -0.2) is 39.8 Å². The van der Waals surface area contributed by atoms with Crippen LogP contribution in [0.2, 0.25) is 0 Å². The Morgan fingerprint density at radius 1 is 1.20 bits per heavy atom. The van der Waals surface area contributed by atoms with Gasteiger partial charge in [0.1, 0.15) is 6.23 Å². The quantitative estimate of drug-likeness (QED) is 0.620. The summed E-state index contributed by atoms with van der Waals surface area (Å²) in [7, 11) is 0. The second-order valence-corrected chi connectivity index (χ2v) is 7.74. The van der Waals surface area contributed by atoms with Gasteiger partial charge in [-0.05, 0) is 30.2 Å². The van der Waals surface area contributed by atoms with E-state index in [1.165, 1.54) is 0 Å². The Morgan fingerprint density at radius 3 is 2.73 bits per heavy atom. The number of nitrogens with one attached hydrogen (secondary N) is 2. The Labute approximate surface area is 178 Å². The van der Waals surface area contributed by atoms with Crippen molar-refractivity contribution in [2.45, 2.75) is 44.8 Å². The van der Waals surface area contributed by atoms with Crippen molar-refractivity contribution >= 4 is 23.1 Å². The molecule has 2 amide bonds. The fourth-order valence-corrected chi connectivity index (χ4v) is 3.53. The first-order valence-corrected chi connectivity index (χ1v) is 10.7. The lowest BCUT2D eigenvalue weighted by molar-refractivity contribution is -0.133. The van der Waals surface area contributed by atoms with Crippen molar-refractivity contribution in [1.82, 2.24) is 5.32 Å². The Morgan fingerprint density at radius 2 is 2.00 bits per heavy atom. The fourth-order valence-electron chi connectivity index (χ4n) is 3.26. The summed E-state index contributed by atoms with van der Waals surface area (Å²) >= 11 is -2.63. The van der Waals surface area contributed by atoms with E-state index in [0.717, 1.165) is 11.1 Å². The molecule has 8 nitrogen and oxygen atoms in total. The molecular weight excluding hydrogens is 408 g/mol. The number of aryl methyl sites for hydroxylation is 1. The molecule has 1 aliphatic heterocycles. The van der Waals surface area contributed by atoms with Gasteiger partial charge in [0.15, 0.2) is 0 Å². The lowest BCUT2D eigenvalue weighted by atomic mass is 10.0. The van der Waals surface area contributed by atoms with E-state index in [0.29, 0.717) is 25.1 Å². The van der Waals surface area contributed by atoms with Crippen molar-refractivity contribution in [3.63, 3.8) is 0 Å². The van der Waals surface area contributed by atoms with Gasteiger partial charge in [-0.25, -0.2) is 9.00 Å². The first kappa shape index (κ1) is 22.4. The second kappa shape index (κ2) is 11.2. The Bertz CT molecular complexity index is 850. The van der Waals surface area contributed by atoms with E-state index in [4.69, 9.17) is 9.47 Å². The summed E-state index contributed by atoms with van der Waals surface area (Å²) < 4.78 is 37.9. The van der Waals surface area contributed by atoms with E-state index in [1.807, 2.05) is 55.5 Å². The lowest BCUT2D eigenvalue weighted by Crippen LogP contribution is -2.49. The normalized spacial score (nSPS) is 22.3. The zero-order valence-electron chi connectivity index (χ0n) is 16.6. The minimum Gasteiger partial charge on any atom is -0.750 e. The summed E-state index contributed by atoms with van der Waals surface area (Å²) in [4.78, 5) is 12.4. The predicted octanol–water partition coefficient (Wildman–Crippen LogP) is 3.02. The van der Waals surface area contributed by atoms with Gasteiger partial charge in [0.25, 0.3) is 0 Å². The molecule has 1 fully saturated rings. The average molecular weight is 434 g/mol. The highest BCUT2D eigenvalue weighted by molar-refractivity contribution is 7.74. The molecule has 4 atom stereocenters. The molecule has 0 aliphatic carbocycles. The predicted molar refractivity (Wildman–Crippen MR) is 111 cm³/mol. The van der Waals surface area contributed by atoms with Gasteiger partial charge >= 0.3 is 6.03 Å². The minimum atomic E-state index is -2.63. The number of carbonyl (C=O) groups is 1. The molecule has 9 heteroatoms. The molecule has 1 aliphatic rings. The molecule has 2 aromatic carbocycles. The molecule has 3 rings (SSSR count). The summed E-state index contributed by atoms with van der Waals surface area (Å²) in [6.07, 6.45) is -0.496. The summed E-state index contributed by atoms with van der Waals surface area (Å²) in [5.74, 6) is 0. The molecule has 162 valence electrons. The first-order chi connectivity index (χ1) is 14.5. The summed E-state index contributed by atoms with van der Waals surface area (Å²) in [5.41, 5.74) is 2.72. The van der Waals surface area contributed by atoms with Crippen LogP contribution >= 0.6 is 0 Å². The number of ether oxygens (including phenoxy) is 2. The van der Waals surface area contributed by atoms with Gasteiger partial charge in [-0.2, -0.15) is 0 Å². The topological polar surface area (TPSA) is 109 Å². The molecule has 1 saturated heterocycles. The zero-order chi connectivity index (χ0) is 21.3. The van der Waals surface area contributed by atoms with Crippen LogP contribution in [0.15, 0.2) is 54.6 Å². The third kappa shape index (κ3) is 7.51. The van der Waals surface area contributed by atoms with Crippen LogP contribution in [0.1, 0.15) is 24.0 Å². The highest BCUT2D eigenvalue weighted by Gasteiger charge is 2.31. The monoisotopic (exact) mass is 433 g/mol. The number of urea groups is 1. The van der Waals surface area contributed by atoms with Gasteiger partial charge < -0.3 is 24.7 Å². The third-order valence-electron chi connectivity index (χ3n) is 4.61. The van der Waals surface area contributed by atoms with Gasteiger partial charge in [-0.15, -0.1) is 0 Å². The number of anilines is 1. The van der Waals surface area contributed by atoms with E-state index in [2.05, 4.69) is 14.8 Å². The number of hydrogen-bond donors (Lipinski definition) is 2. The van der Waals surface area contributed by atoms with E-state index in [9.17, 15) is 13.6 Å². The number of amides is 2. The van der Waals surface area contributed by atoms with Crippen LogP contribution in [0, 0.1) is 6.92 Å². The van der Waals surface area contributed by atoms with Crippen LogP contribution in [0.4, 0.5) is 10.5 Å². The van der Waals surface area contributed by atoms with Gasteiger partial charge in [-0.3, -0.25) is 4.18 Å². The van der Waals surface area contributed by atoms with E-state index in [1.54, 1.807) is 6.07 Å². The molecule has 30 heavy (non-hydrogen) atoms. The zero-order valence-corrected chi connectivity index (χ0v) is 17.4. The van der Waals surface area contributed by atoms with Crippen molar-refractivity contribution in [3.8, 4) is 0 Å². The first-order valence-electron chi connectivity index (χ1n) is 9.65. The molecule has 0 spiro atoms. The van der Waals surface area contributed by atoms with Crippen LogP contribution in [0.3, 0.4) is 0 Å². The highest BCUT2D eigenvalue weighted by atomic mass is 32.2.